The van der Waals surface area contributed by atoms with Crippen molar-refractivity contribution in [3.8, 4) is 11.3 Å². The van der Waals surface area contributed by atoms with Crippen LogP contribution in [0, 0.1) is 12.7 Å². The molecule has 0 saturated carbocycles. The lowest BCUT2D eigenvalue weighted by Crippen LogP contribution is -1.91. The number of halogens is 3. The molecule has 0 aliphatic rings. The number of hydrogen-bond acceptors (Lipinski definition) is 1. The molecule has 0 unspecified atom stereocenters. The first-order valence-corrected chi connectivity index (χ1v) is 6.83. The Morgan fingerprint density at radius 1 is 1.00 bits per heavy atom. The van der Waals surface area contributed by atoms with Crippen molar-refractivity contribution in [2.24, 2.45) is 0 Å². The van der Waals surface area contributed by atoms with Crippen LogP contribution in [-0.2, 0) is 0 Å². The van der Waals surface area contributed by atoms with Crippen molar-refractivity contribution in [2.45, 2.75) is 6.92 Å². The molecule has 1 heterocycles. The van der Waals surface area contributed by atoms with Crippen LogP contribution in [0.3, 0.4) is 0 Å². The molecule has 0 spiro atoms. The fraction of sp³-hybridized carbons (Fsp3) is 0.0625. The average molecular weight is 306 g/mol. The second-order valence-corrected chi connectivity index (χ2v) is 5.40. The summed E-state index contributed by atoms with van der Waals surface area (Å²) in [5.41, 5.74) is 3.11. The van der Waals surface area contributed by atoms with E-state index in [1.54, 1.807) is 0 Å². The summed E-state index contributed by atoms with van der Waals surface area (Å²) >= 11 is 11.9. The van der Waals surface area contributed by atoms with Gasteiger partial charge >= 0.3 is 0 Å². The zero-order chi connectivity index (χ0) is 14.3. The lowest BCUT2D eigenvalue weighted by atomic mass is 10.0. The first-order valence-electron chi connectivity index (χ1n) is 6.07. The molecule has 0 bridgehead atoms. The molecule has 3 aromatic rings. The predicted molar refractivity (Wildman–Crippen MR) is 81.9 cm³/mol. The van der Waals surface area contributed by atoms with Gasteiger partial charge in [-0.05, 0) is 36.8 Å². The van der Waals surface area contributed by atoms with Crippen LogP contribution in [0.25, 0.3) is 22.2 Å². The van der Waals surface area contributed by atoms with E-state index in [-0.39, 0.29) is 5.02 Å². The molecule has 0 amide bonds. The number of nitrogens with zero attached hydrogens (tertiary/aromatic N) is 1. The summed E-state index contributed by atoms with van der Waals surface area (Å²) in [6.07, 6.45) is 0. The van der Waals surface area contributed by atoms with Crippen LogP contribution in [0.2, 0.25) is 10.0 Å². The Bertz CT molecular complexity index is 815. The first kappa shape index (κ1) is 13.3. The molecule has 0 saturated heterocycles. The molecule has 2 aromatic carbocycles. The number of benzene rings is 2. The van der Waals surface area contributed by atoms with Gasteiger partial charge in [-0.1, -0.05) is 41.4 Å². The Balaban J connectivity index is 2.27. The molecule has 20 heavy (non-hydrogen) atoms. The average Bonchev–Trinajstić information content (AvgIpc) is 2.43. The van der Waals surface area contributed by atoms with Crippen LogP contribution in [-0.4, -0.2) is 4.98 Å². The van der Waals surface area contributed by atoms with Crippen molar-refractivity contribution in [2.75, 3.05) is 0 Å². The van der Waals surface area contributed by atoms with Crippen LogP contribution >= 0.6 is 23.2 Å². The highest BCUT2D eigenvalue weighted by Gasteiger charge is 2.12. The first-order chi connectivity index (χ1) is 9.56. The van der Waals surface area contributed by atoms with E-state index in [0.29, 0.717) is 16.3 Å². The van der Waals surface area contributed by atoms with Crippen molar-refractivity contribution in [1.29, 1.82) is 0 Å². The number of aromatic nitrogens is 1. The smallest absolute Gasteiger partial charge is 0.142 e. The van der Waals surface area contributed by atoms with Gasteiger partial charge in [0.1, 0.15) is 5.82 Å². The fourth-order valence-electron chi connectivity index (χ4n) is 2.21. The second-order valence-electron chi connectivity index (χ2n) is 4.59. The molecule has 0 aliphatic heterocycles. The number of hydrogen-bond donors (Lipinski definition) is 0. The van der Waals surface area contributed by atoms with Crippen LogP contribution in [0.1, 0.15) is 5.56 Å². The topological polar surface area (TPSA) is 12.9 Å². The minimum Gasteiger partial charge on any atom is -0.248 e. The molecular weight excluding hydrogens is 296 g/mol. The fourth-order valence-corrected chi connectivity index (χ4v) is 2.69. The summed E-state index contributed by atoms with van der Waals surface area (Å²) in [5.74, 6) is -0.501. The molecule has 4 heteroatoms. The quantitative estimate of drug-likeness (QED) is 0.529. The highest BCUT2D eigenvalue weighted by molar-refractivity contribution is 6.36. The number of pyridine rings is 1. The van der Waals surface area contributed by atoms with Crippen molar-refractivity contribution in [1.82, 2.24) is 4.98 Å². The van der Waals surface area contributed by atoms with Crippen LogP contribution < -0.4 is 0 Å². The van der Waals surface area contributed by atoms with Gasteiger partial charge in [0.25, 0.3) is 0 Å². The predicted octanol–water partition coefficient (Wildman–Crippen LogP) is 5.66. The van der Waals surface area contributed by atoms with Crippen LogP contribution in [0.15, 0.2) is 42.5 Å². The molecule has 1 aromatic heterocycles. The third kappa shape index (κ3) is 2.26. The van der Waals surface area contributed by atoms with Gasteiger partial charge < -0.3 is 0 Å². The standard InChI is InChI=1S/C16H10Cl2FN/c1-9-6-16(20-15-5-3-2-4-10(9)15)11-7-14(19)13(18)8-12(11)17/h2-8H,1H3. The van der Waals surface area contributed by atoms with Gasteiger partial charge in [0.05, 0.1) is 21.3 Å². The molecule has 0 radical (unpaired) electrons. The molecule has 1 nitrogen and oxygen atoms in total. The van der Waals surface area contributed by atoms with Crippen molar-refractivity contribution < 1.29 is 4.39 Å². The highest BCUT2D eigenvalue weighted by atomic mass is 35.5. The van der Waals surface area contributed by atoms with Gasteiger partial charge in [-0.15, -0.1) is 0 Å². The number of fused-ring (bicyclic) bond motifs is 1. The van der Waals surface area contributed by atoms with Crippen molar-refractivity contribution >= 4 is 34.1 Å². The highest BCUT2D eigenvalue weighted by Crippen LogP contribution is 2.33. The number of aryl methyl sites for hydroxylation is 1. The van der Waals surface area contributed by atoms with Gasteiger partial charge in [0.2, 0.25) is 0 Å². The monoisotopic (exact) mass is 305 g/mol. The zero-order valence-electron chi connectivity index (χ0n) is 10.6. The maximum Gasteiger partial charge on any atom is 0.142 e. The van der Waals surface area contributed by atoms with Gasteiger partial charge in [0, 0.05) is 10.9 Å². The van der Waals surface area contributed by atoms with E-state index in [9.17, 15) is 4.39 Å². The molecular formula is C16H10Cl2FN. The molecule has 0 N–H and O–H groups in total. The Labute approximate surface area is 126 Å². The van der Waals surface area contributed by atoms with Crippen LogP contribution in [0.5, 0.6) is 0 Å². The molecule has 0 atom stereocenters. The van der Waals surface area contributed by atoms with E-state index in [4.69, 9.17) is 23.2 Å². The second kappa shape index (κ2) is 5.04. The number of para-hydroxylation sites is 1. The van der Waals surface area contributed by atoms with Crippen LogP contribution in [0.4, 0.5) is 4.39 Å². The molecule has 0 aliphatic carbocycles. The van der Waals surface area contributed by atoms with E-state index >= 15 is 0 Å². The summed E-state index contributed by atoms with van der Waals surface area (Å²) in [5, 5.41) is 1.47. The maximum absolute atomic E-state index is 13.6. The van der Waals surface area contributed by atoms with E-state index in [0.717, 1.165) is 16.5 Å². The number of rotatable bonds is 1. The minimum absolute atomic E-state index is 0.0104. The third-order valence-electron chi connectivity index (χ3n) is 3.21. The third-order valence-corrected chi connectivity index (χ3v) is 3.81. The van der Waals surface area contributed by atoms with Gasteiger partial charge in [-0.25, -0.2) is 9.37 Å². The Morgan fingerprint density at radius 3 is 2.55 bits per heavy atom. The largest absolute Gasteiger partial charge is 0.248 e. The van der Waals surface area contributed by atoms with Crippen molar-refractivity contribution in [3.05, 3.63) is 63.9 Å². The molecule has 0 fully saturated rings. The lowest BCUT2D eigenvalue weighted by molar-refractivity contribution is 0.628. The minimum atomic E-state index is -0.501. The molecule has 3 rings (SSSR count). The van der Waals surface area contributed by atoms with Gasteiger partial charge in [-0.3, -0.25) is 0 Å². The normalized spacial score (nSPS) is 11.0. The van der Waals surface area contributed by atoms with E-state index in [2.05, 4.69) is 4.98 Å². The van der Waals surface area contributed by atoms with Crippen molar-refractivity contribution in [3.63, 3.8) is 0 Å². The van der Waals surface area contributed by atoms with Gasteiger partial charge in [0.15, 0.2) is 0 Å². The molecule has 100 valence electrons. The van der Waals surface area contributed by atoms with Gasteiger partial charge in [-0.2, -0.15) is 0 Å². The lowest BCUT2D eigenvalue weighted by Gasteiger charge is -2.09. The zero-order valence-corrected chi connectivity index (χ0v) is 12.1. The maximum atomic E-state index is 13.6. The van der Waals surface area contributed by atoms with E-state index in [1.165, 1.54) is 12.1 Å². The van der Waals surface area contributed by atoms with E-state index < -0.39 is 5.82 Å². The summed E-state index contributed by atoms with van der Waals surface area (Å²) in [4.78, 5) is 4.54. The summed E-state index contributed by atoms with van der Waals surface area (Å²) < 4.78 is 13.6. The summed E-state index contributed by atoms with van der Waals surface area (Å²) in [7, 11) is 0. The summed E-state index contributed by atoms with van der Waals surface area (Å²) in [6, 6.07) is 12.4. The Kier molecular flexibility index (Phi) is 3.36. The SMILES string of the molecule is Cc1cc(-c2cc(F)c(Cl)cc2Cl)nc2ccccc12. The Morgan fingerprint density at radius 2 is 1.75 bits per heavy atom. The summed E-state index contributed by atoms with van der Waals surface area (Å²) in [6.45, 7) is 1.99. The Hall–Kier alpha value is -1.64. The van der Waals surface area contributed by atoms with E-state index in [1.807, 2.05) is 37.3 Å².